The van der Waals surface area contributed by atoms with Crippen molar-refractivity contribution in [2.24, 2.45) is 0 Å². The lowest BCUT2D eigenvalue weighted by atomic mass is 10.1. The number of carbonyl (C=O) groups excluding carboxylic acids is 1. The molecular weight excluding hydrogens is 370 g/mol. The van der Waals surface area contributed by atoms with Gasteiger partial charge in [-0.15, -0.1) is 0 Å². The van der Waals surface area contributed by atoms with E-state index in [4.69, 9.17) is 11.6 Å². The van der Waals surface area contributed by atoms with Crippen LogP contribution in [0.25, 0.3) is 10.9 Å². The highest BCUT2D eigenvalue weighted by Gasteiger charge is 2.10. The predicted octanol–water partition coefficient (Wildman–Crippen LogP) is 4.98. The third kappa shape index (κ3) is 4.07. The molecule has 0 aliphatic rings. The summed E-state index contributed by atoms with van der Waals surface area (Å²) in [6, 6.07) is 21.5. The van der Waals surface area contributed by atoms with Crippen molar-refractivity contribution >= 4 is 28.4 Å². The van der Waals surface area contributed by atoms with Crippen molar-refractivity contribution < 1.29 is 4.79 Å². The maximum atomic E-state index is 12.6. The van der Waals surface area contributed by atoms with E-state index in [0.29, 0.717) is 23.7 Å². The summed E-state index contributed by atoms with van der Waals surface area (Å²) in [7, 11) is 0. The first-order chi connectivity index (χ1) is 13.6. The summed E-state index contributed by atoms with van der Waals surface area (Å²) in [4.78, 5) is 12.6. The molecule has 140 valence electrons. The molecule has 1 amide bonds. The lowest BCUT2D eigenvalue weighted by Crippen LogP contribution is -2.22. The number of benzene rings is 3. The molecular formula is C23H20ClN3O. The van der Waals surface area contributed by atoms with Crippen LogP contribution < -0.4 is 5.32 Å². The van der Waals surface area contributed by atoms with Crippen LogP contribution in [0, 0.1) is 6.92 Å². The molecule has 0 saturated carbocycles. The summed E-state index contributed by atoms with van der Waals surface area (Å²) in [6.45, 7) is 3.14. The standard InChI is InChI=1S/C23H20ClN3O/c1-16-5-7-17(8-6-16)13-25-23(28)19-9-10-20-14-26-27(22(20)12-19)15-18-3-2-4-21(24)11-18/h2-12,14H,13,15H2,1H3,(H,25,28). The van der Waals surface area contributed by atoms with Gasteiger partial charge in [0.1, 0.15) is 0 Å². The molecule has 0 fully saturated rings. The van der Waals surface area contributed by atoms with Crippen LogP contribution >= 0.6 is 11.6 Å². The largest absolute Gasteiger partial charge is 0.348 e. The molecule has 28 heavy (non-hydrogen) atoms. The zero-order valence-corrected chi connectivity index (χ0v) is 16.3. The molecule has 0 aliphatic carbocycles. The quantitative estimate of drug-likeness (QED) is 0.523. The lowest BCUT2D eigenvalue weighted by molar-refractivity contribution is 0.0951. The fraction of sp³-hybridized carbons (Fsp3) is 0.130. The first-order valence-electron chi connectivity index (χ1n) is 9.12. The number of hydrogen-bond donors (Lipinski definition) is 1. The Bertz CT molecular complexity index is 1130. The molecule has 1 heterocycles. The summed E-state index contributed by atoms with van der Waals surface area (Å²) in [6.07, 6.45) is 1.81. The van der Waals surface area contributed by atoms with E-state index in [1.807, 2.05) is 84.5 Å². The van der Waals surface area contributed by atoms with Gasteiger partial charge in [0.05, 0.1) is 18.3 Å². The molecule has 3 aromatic carbocycles. The van der Waals surface area contributed by atoms with E-state index in [0.717, 1.165) is 22.0 Å². The Balaban J connectivity index is 1.53. The maximum absolute atomic E-state index is 12.6. The zero-order valence-electron chi connectivity index (χ0n) is 15.5. The number of aryl methyl sites for hydroxylation is 1. The van der Waals surface area contributed by atoms with Crippen molar-refractivity contribution in [2.45, 2.75) is 20.0 Å². The summed E-state index contributed by atoms with van der Waals surface area (Å²) >= 11 is 6.08. The van der Waals surface area contributed by atoms with Crippen molar-refractivity contribution in [3.05, 3.63) is 100 Å². The Morgan fingerprint density at radius 2 is 1.86 bits per heavy atom. The van der Waals surface area contributed by atoms with Crippen molar-refractivity contribution in [2.75, 3.05) is 0 Å². The molecule has 0 radical (unpaired) electrons. The molecule has 0 atom stereocenters. The minimum Gasteiger partial charge on any atom is -0.348 e. The third-order valence-corrected chi connectivity index (χ3v) is 4.94. The average molecular weight is 390 g/mol. The summed E-state index contributed by atoms with van der Waals surface area (Å²) in [5, 5.41) is 9.14. The number of hydrogen-bond acceptors (Lipinski definition) is 2. The number of nitrogens with zero attached hydrogens (tertiary/aromatic N) is 2. The van der Waals surface area contributed by atoms with Gasteiger partial charge in [0.25, 0.3) is 5.91 Å². The normalized spacial score (nSPS) is 10.9. The van der Waals surface area contributed by atoms with Gasteiger partial charge in [-0.3, -0.25) is 9.48 Å². The number of carbonyl (C=O) groups is 1. The van der Waals surface area contributed by atoms with Crippen LogP contribution in [0.2, 0.25) is 5.02 Å². The van der Waals surface area contributed by atoms with Gasteiger partial charge in [0.15, 0.2) is 0 Å². The minimum atomic E-state index is -0.0991. The molecule has 0 unspecified atom stereocenters. The van der Waals surface area contributed by atoms with E-state index in [9.17, 15) is 4.79 Å². The van der Waals surface area contributed by atoms with E-state index in [-0.39, 0.29) is 5.91 Å². The number of nitrogens with one attached hydrogen (secondary N) is 1. The number of amides is 1. The van der Waals surface area contributed by atoms with Crippen LogP contribution in [0.15, 0.2) is 72.9 Å². The molecule has 0 spiro atoms. The van der Waals surface area contributed by atoms with Crippen molar-refractivity contribution in [3.63, 3.8) is 0 Å². The smallest absolute Gasteiger partial charge is 0.251 e. The van der Waals surface area contributed by atoms with Gasteiger partial charge in [-0.05, 0) is 42.3 Å². The van der Waals surface area contributed by atoms with Gasteiger partial charge in [0.2, 0.25) is 0 Å². The summed E-state index contributed by atoms with van der Waals surface area (Å²) in [5.74, 6) is -0.0991. The molecule has 0 bridgehead atoms. The van der Waals surface area contributed by atoms with Crippen LogP contribution in [0.1, 0.15) is 27.0 Å². The molecule has 1 aromatic heterocycles. The van der Waals surface area contributed by atoms with Gasteiger partial charge >= 0.3 is 0 Å². The molecule has 0 aliphatic heterocycles. The van der Waals surface area contributed by atoms with Gasteiger partial charge in [-0.1, -0.05) is 59.6 Å². The van der Waals surface area contributed by atoms with Crippen LogP contribution in [0.5, 0.6) is 0 Å². The number of aromatic nitrogens is 2. The minimum absolute atomic E-state index is 0.0991. The highest BCUT2D eigenvalue weighted by molar-refractivity contribution is 6.30. The van der Waals surface area contributed by atoms with Crippen LogP contribution in [-0.4, -0.2) is 15.7 Å². The molecule has 5 heteroatoms. The van der Waals surface area contributed by atoms with E-state index in [2.05, 4.69) is 10.4 Å². The van der Waals surface area contributed by atoms with Gasteiger partial charge < -0.3 is 5.32 Å². The Hall–Kier alpha value is -3.11. The number of rotatable bonds is 5. The molecule has 4 aromatic rings. The fourth-order valence-corrected chi connectivity index (χ4v) is 3.35. The topological polar surface area (TPSA) is 46.9 Å². The van der Waals surface area contributed by atoms with Crippen molar-refractivity contribution in [1.82, 2.24) is 15.1 Å². The van der Waals surface area contributed by atoms with Gasteiger partial charge in [-0.25, -0.2) is 0 Å². The first-order valence-corrected chi connectivity index (χ1v) is 9.50. The molecule has 4 nitrogen and oxygen atoms in total. The fourth-order valence-electron chi connectivity index (χ4n) is 3.14. The van der Waals surface area contributed by atoms with Gasteiger partial charge in [-0.2, -0.15) is 5.10 Å². The summed E-state index contributed by atoms with van der Waals surface area (Å²) in [5.41, 5.74) is 4.88. The first kappa shape index (κ1) is 18.3. The number of halogens is 1. The van der Waals surface area contributed by atoms with Crippen LogP contribution in [0.3, 0.4) is 0 Å². The monoisotopic (exact) mass is 389 g/mol. The predicted molar refractivity (Wildman–Crippen MR) is 113 cm³/mol. The van der Waals surface area contributed by atoms with E-state index in [1.165, 1.54) is 5.56 Å². The second-order valence-electron chi connectivity index (χ2n) is 6.87. The van der Waals surface area contributed by atoms with Crippen molar-refractivity contribution in [1.29, 1.82) is 0 Å². The van der Waals surface area contributed by atoms with Crippen LogP contribution in [0.4, 0.5) is 0 Å². The Kier molecular flexibility index (Phi) is 5.13. The number of fused-ring (bicyclic) bond motifs is 1. The van der Waals surface area contributed by atoms with E-state index in [1.54, 1.807) is 0 Å². The van der Waals surface area contributed by atoms with Gasteiger partial charge in [0, 0.05) is 22.5 Å². The molecule has 0 saturated heterocycles. The highest BCUT2D eigenvalue weighted by Crippen LogP contribution is 2.19. The molecule has 4 rings (SSSR count). The molecule has 1 N–H and O–H groups in total. The average Bonchev–Trinajstić information content (AvgIpc) is 3.09. The third-order valence-electron chi connectivity index (χ3n) is 4.70. The lowest BCUT2D eigenvalue weighted by Gasteiger charge is -2.08. The van der Waals surface area contributed by atoms with E-state index < -0.39 is 0 Å². The maximum Gasteiger partial charge on any atom is 0.251 e. The Morgan fingerprint density at radius 1 is 1.04 bits per heavy atom. The van der Waals surface area contributed by atoms with Crippen LogP contribution in [-0.2, 0) is 13.1 Å². The van der Waals surface area contributed by atoms with E-state index >= 15 is 0 Å². The second kappa shape index (κ2) is 7.87. The van der Waals surface area contributed by atoms with Crippen molar-refractivity contribution in [3.8, 4) is 0 Å². The zero-order chi connectivity index (χ0) is 19.5. The Labute approximate surface area is 168 Å². The second-order valence-corrected chi connectivity index (χ2v) is 7.31. The Morgan fingerprint density at radius 3 is 2.64 bits per heavy atom. The summed E-state index contributed by atoms with van der Waals surface area (Å²) < 4.78 is 1.89. The highest BCUT2D eigenvalue weighted by atomic mass is 35.5. The SMILES string of the molecule is Cc1ccc(CNC(=O)c2ccc3cnn(Cc4cccc(Cl)c4)c3c2)cc1.